The van der Waals surface area contributed by atoms with Crippen LogP contribution in [0.15, 0.2) is 0 Å². The van der Waals surface area contributed by atoms with Gasteiger partial charge in [0, 0.05) is 24.4 Å². The van der Waals surface area contributed by atoms with Gasteiger partial charge in [-0.2, -0.15) is 0 Å². The molecule has 0 aliphatic carbocycles. The van der Waals surface area contributed by atoms with E-state index in [1.807, 2.05) is 0 Å². The van der Waals surface area contributed by atoms with Crippen molar-refractivity contribution in [3.63, 3.8) is 0 Å². The number of hydrogen-bond acceptors (Lipinski definition) is 0. The van der Waals surface area contributed by atoms with Crippen LogP contribution in [0.25, 0.3) is 0 Å². The summed E-state index contributed by atoms with van der Waals surface area (Å²) in [5.41, 5.74) is 0. The molecule has 0 saturated heterocycles. The third-order valence-electron chi connectivity index (χ3n) is 0. The SMILES string of the molecule is O.O.O.[PbH2].[Sb].[SnH2]. The van der Waals surface area contributed by atoms with Crippen molar-refractivity contribution in [2.45, 2.75) is 0 Å². The van der Waals surface area contributed by atoms with Crippen LogP contribution in [0.3, 0.4) is 0 Å². The molecule has 0 fully saturated rings. The van der Waals surface area contributed by atoms with Crippen molar-refractivity contribution < 1.29 is 16.4 Å². The Bertz CT molecular complexity index is 10.8. The van der Waals surface area contributed by atoms with E-state index >= 15 is 0 Å². The van der Waals surface area contributed by atoms with Gasteiger partial charge < -0.3 is 16.4 Å². The van der Waals surface area contributed by atoms with Gasteiger partial charge in [-0.05, 0) is 0 Å². The summed E-state index contributed by atoms with van der Waals surface area (Å²) in [5.74, 6) is 0. The Kier molecular flexibility index (Phi) is 690. The standard InChI is InChI=1S/3H2O.Pb.Sb.Sn.4H/h3*1H2;;;;;;;. The Hall–Kier alpha value is 2.42. The molecule has 0 aliphatic rings. The molecular weight excluding hydrogens is 496 g/mol. The van der Waals surface area contributed by atoms with Crippen molar-refractivity contribution >= 4 is 75.6 Å². The van der Waals surface area contributed by atoms with Crippen LogP contribution in [0.1, 0.15) is 0 Å². The zero-order chi connectivity index (χ0) is 0. The topological polar surface area (TPSA) is 94.5 Å². The molecule has 6 N–H and O–H groups in total. The second-order valence-corrected chi connectivity index (χ2v) is 0. The molecule has 0 spiro atoms. The van der Waals surface area contributed by atoms with E-state index in [-0.39, 0.29) is 92.1 Å². The van der Waals surface area contributed by atoms with Crippen LogP contribution >= 0.6 is 0 Å². The molecule has 0 amide bonds. The van der Waals surface area contributed by atoms with Crippen molar-refractivity contribution in [2.75, 3.05) is 0 Å². The summed E-state index contributed by atoms with van der Waals surface area (Å²) in [6, 6.07) is 0. The van der Waals surface area contributed by atoms with Gasteiger partial charge in [-0.1, -0.05) is 0 Å². The van der Waals surface area contributed by atoms with Crippen LogP contribution in [-0.4, -0.2) is 92.1 Å². The van der Waals surface area contributed by atoms with E-state index in [2.05, 4.69) is 0 Å². The van der Waals surface area contributed by atoms with Gasteiger partial charge in [-0.3, -0.25) is 0 Å². The van der Waals surface area contributed by atoms with Gasteiger partial charge in [0.25, 0.3) is 0 Å². The number of rotatable bonds is 0. The summed E-state index contributed by atoms with van der Waals surface area (Å²) in [5, 5.41) is 0. The monoisotopic (exact) mass is 507 g/mol. The summed E-state index contributed by atoms with van der Waals surface area (Å²) in [6.07, 6.45) is 0. The Labute approximate surface area is 90.7 Å². The summed E-state index contributed by atoms with van der Waals surface area (Å²) in [6.45, 7) is 0. The quantitative estimate of drug-likeness (QED) is 0.296. The van der Waals surface area contributed by atoms with Crippen molar-refractivity contribution in [3.8, 4) is 0 Å². The molecule has 0 saturated carbocycles. The Balaban J connectivity index is 0. The zero-order valence-electron chi connectivity index (χ0n) is 3.36. The summed E-state index contributed by atoms with van der Waals surface area (Å²) in [7, 11) is 0. The summed E-state index contributed by atoms with van der Waals surface area (Å²) in [4.78, 5) is 0. The van der Waals surface area contributed by atoms with Gasteiger partial charge in [0.1, 0.15) is 0 Å². The fraction of sp³-hybridized carbons (Fsp3) is 0. The third-order valence-corrected chi connectivity index (χ3v) is 0. The van der Waals surface area contributed by atoms with E-state index in [9.17, 15) is 0 Å². The van der Waals surface area contributed by atoms with Crippen LogP contribution in [0.5, 0.6) is 0 Å². The van der Waals surface area contributed by atoms with Gasteiger partial charge >= 0.3 is 51.2 Å². The van der Waals surface area contributed by atoms with Crippen LogP contribution in [-0.2, 0) is 0 Å². The van der Waals surface area contributed by atoms with Crippen LogP contribution in [0.2, 0.25) is 0 Å². The van der Waals surface area contributed by atoms with E-state index in [4.69, 9.17) is 0 Å². The molecule has 0 aromatic rings. The molecule has 6 heteroatoms. The Morgan fingerprint density at radius 2 is 0.667 bits per heavy atom. The van der Waals surface area contributed by atoms with Crippen LogP contribution in [0, 0.1) is 0 Å². The fourth-order valence-corrected chi connectivity index (χ4v) is 0. The van der Waals surface area contributed by atoms with Gasteiger partial charge in [-0.15, -0.1) is 0 Å². The molecule has 0 aromatic heterocycles. The average molecular weight is 506 g/mol. The fourth-order valence-electron chi connectivity index (χ4n) is 0. The predicted octanol–water partition coefficient (Wildman–Crippen LogP) is -4.69. The van der Waals surface area contributed by atoms with Crippen molar-refractivity contribution in [1.82, 2.24) is 0 Å². The van der Waals surface area contributed by atoms with Crippen molar-refractivity contribution in [3.05, 3.63) is 0 Å². The Morgan fingerprint density at radius 3 is 0.667 bits per heavy atom. The molecule has 7 radical (unpaired) electrons. The molecule has 0 aliphatic heterocycles. The van der Waals surface area contributed by atoms with Crippen molar-refractivity contribution in [1.29, 1.82) is 0 Å². The molecule has 0 aromatic carbocycles. The molecular formula is H10O3PbSbSn. The van der Waals surface area contributed by atoms with Gasteiger partial charge in [0.05, 0.1) is 0 Å². The molecule has 0 bridgehead atoms. The molecule has 41 valence electrons. The third kappa shape index (κ3) is 32.2. The van der Waals surface area contributed by atoms with Crippen LogP contribution in [0.4, 0.5) is 0 Å². The van der Waals surface area contributed by atoms with E-state index in [0.717, 1.165) is 0 Å². The molecule has 0 heterocycles. The summed E-state index contributed by atoms with van der Waals surface area (Å²) >= 11 is 0. The Morgan fingerprint density at radius 1 is 0.667 bits per heavy atom. The summed E-state index contributed by atoms with van der Waals surface area (Å²) < 4.78 is 0. The van der Waals surface area contributed by atoms with Gasteiger partial charge in [0.2, 0.25) is 0 Å². The predicted molar refractivity (Wildman–Crippen MR) is 33.7 cm³/mol. The molecule has 3 nitrogen and oxygen atoms in total. The number of hydrogen-bond donors (Lipinski definition) is 0. The maximum absolute atomic E-state index is 0. The molecule has 6 heavy (non-hydrogen) atoms. The first-order valence-corrected chi connectivity index (χ1v) is 0. The van der Waals surface area contributed by atoms with Gasteiger partial charge in [-0.25, -0.2) is 0 Å². The van der Waals surface area contributed by atoms with E-state index in [1.165, 1.54) is 0 Å². The minimum absolute atomic E-state index is 0. The first-order chi connectivity index (χ1) is 0. The van der Waals surface area contributed by atoms with E-state index in [1.54, 1.807) is 0 Å². The maximum atomic E-state index is 0. The molecule has 0 atom stereocenters. The minimum atomic E-state index is 0. The van der Waals surface area contributed by atoms with Gasteiger partial charge in [0.15, 0.2) is 0 Å². The normalized spacial score (nSPS) is 0. The van der Waals surface area contributed by atoms with E-state index < -0.39 is 0 Å². The average Bonchev–Trinajstić information content (AvgIpc) is 0. The zero-order valence-corrected chi connectivity index (χ0v) is 15.4. The van der Waals surface area contributed by atoms with Crippen molar-refractivity contribution in [2.24, 2.45) is 0 Å². The second kappa shape index (κ2) is 52.2. The van der Waals surface area contributed by atoms with E-state index in [0.29, 0.717) is 0 Å². The first kappa shape index (κ1) is 79.2. The molecule has 0 unspecified atom stereocenters. The molecule has 0 rings (SSSR count). The van der Waals surface area contributed by atoms with Crippen LogP contribution < -0.4 is 0 Å². The second-order valence-electron chi connectivity index (χ2n) is 0. The first-order valence-electron chi connectivity index (χ1n) is 0.